The number of carbonyl (C=O) groups excluding carboxylic acids is 4. The van der Waals surface area contributed by atoms with Crippen molar-refractivity contribution in [3.63, 3.8) is 0 Å². The maximum absolute atomic E-state index is 14.1. The van der Waals surface area contributed by atoms with E-state index >= 15 is 0 Å². The molecule has 0 radical (unpaired) electrons. The van der Waals surface area contributed by atoms with Crippen molar-refractivity contribution in [1.29, 1.82) is 0 Å². The minimum atomic E-state index is -0.977. The molecule has 7 heterocycles. The molecule has 2 aromatic heterocycles. The lowest BCUT2D eigenvalue weighted by molar-refractivity contribution is -0.144. The van der Waals surface area contributed by atoms with Crippen LogP contribution in [0.5, 0.6) is 0 Å². The molecule has 5 atom stereocenters. The number of aliphatic hydroxyl groups excluding tert-OH is 1. The van der Waals surface area contributed by atoms with Gasteiger partial charge in [-0.3, -0.25) is 29.2 Å². The Morgan fingerprint density at radius 2 is 1.54 bits per heavy atom. The Bertz CT molecular complexity index is 2980. The first-order valence-electron chi connectivity index (χ1n) is 28.2. The fourth-order valence-corrected chi connectivity index (χ4v) is 11.5. The molecular weight excluding hydrogens is 1070 g/mol. The number of ether oxygens (including phenoxy) is 5. The molecule has 438 valence electrons. The van der Waals surface area contributed by atoms with Crippen LogP contribution in [-0.2, 0) is 49.4 Å². The largest absolute Gasteiger partial charge is 0.391 e. The van der Waals surface area contributed by atoms with Crippen LogP contribution in [0.15, 0.2) is 101 Å². The molecule has 0 saturated carbocycles. The Balaban J connectivity index is 0.590. The molecule has 22 heteroatoms. The maximum Gasteiger partial charge on any atom is 0.248 e. The number of fused-ring (bicyclic) bond motifs is 1. The third-order valence-corrected chi connectivity index (χ3v) is 16.0. The highest BCUT2D eigenvalue weighted by Crippen LogP contribution is 2.36. The number of dihydropyridines is 1. The Kier molecular flexibility index (Phi) is 20.8. The average molecular weight is 1150 g/mol. The number of nitrogens with zero attached hydrogens (tertiary/aromatic N) is 8. The first-order chi connectivity index (χ1) is 39.7. The maximum atomic E-state index is 14.1. The number of nitrogens with one attached hydrogen (secondary N) is 2. The number of amides is 4. The SMILES string of the molecule is Cc1ncsc1-c1ccc(CNC(=O)[C@@H]2C[C@@H](O)CN2C(=O)[C@@H](NC(=O)COCCOCCOCCOCCOCC(=O)N2CCN(c3cccc(C4=CN=C5C=CC(N6CCC[C@@H]6c6cccc(F)c6)=NC45)n3)CC2)C(C)(C)C)cc1. The van der Waals surface area contributed by atoms with Crippen LogP contribution in [0.3, 0.4) is 0 Å². The number of aliphatic hydroxyl groups is 1. The molecular formula is C60H75FN10O10S. The van der Waals surface area contributed by atoms with Crippen molar-refractivity contribution in [2.24, 2.45) is 15.4 Å². The smallest absolute Gasteiger partial charge is 0.248 e. The van der Waals surface area contributed by atoms with Gasteiger partial charge in [-0.25, -0.2) is 14.4 Å². The number of hydrogen-bond donors (Lipinski definition) is 3. The Hall–Kier alpha value is -6.79. The second-order valence-corrected chi connectivity index (χ2v) is 22.8. The summed E-state index contributed by atoms with van der Waals surface area (Å²) >= 11 is 1.57. The van der Waals surface area contributed by atoms with Gasteiger partial charge in [-0.1, -0.05) is 63.2 Å². The predicted molar refractivity (Wildman–Crippen MR) is 310 cm³/mol. The number of benzene rings is 2. The van der Waals surface area contributed by atoms with Crippen LogP contribution < -0.4 is 15.5 Å². The number of halogens is 1. The van der Waals surface area contributed by atoms with Crippen molar-refractivity contribution in [1.82, 2.24) is 35.3 Å². The lowest BCUT2D eigenvalue weighted by Crippen LogP contribution is -2.58. The number of pyridine rings is 1. The minimum absolute atomic E-state index is 0.0257. The second kappa shape index (κ2) is 28.5. The summed E-state index contributed by atoms with van der Waals surface area (Å²) in [6.45, 7) is 12.8. The molecule has 4 aromatic rings. The number of thiazole rings is 1. The Labute approximate surface area is 482 Å². The molecule has 3 N–H and O–H groups in total. The molecule has 0 aliphatic carbocycles. The van der Waals surface area contributed by atoms with Crippen molar-refractivity contribution >= 4 is 57.9 Å². The Morgan fingerprint density at radius 3 is 2.22 bits per heavy atom. The monoisotopic (exact) mass is 1150 g/mol. The molecule has 5 aliphatic rings. The number of aliphatic imine (C=N–C) groups is 2. The van der Waals surface area contributed by atoms with E-state index in [0.29, 0.717) is 59.2 Å². The zero-order chi connectivity index (χ0) is 57.6. The highest BCUT2D eigenvalue weighted by atomic mass is 32.1. The molecule has 0 spiro atoms. The Morgan fingerprint density at radius 1 is 0.841 bits per heavy atom. The van der Waals surface area contributed by atoms with Gasteiger partial charge in [0.15, 0.2) is 0 Å². The highest BCUT2D eigenvalue weighted by molar-refractivity contribution is 7.13. The van der Waals surface area contributed by atoms with Crippen LogP contribution >= 0.6 is 11.3 Å². The van der Waals surface area contributed by atoms with E-state index in [4.69, 9.17) is 33.7 Å². The van der Waals surface area contributed by atoms with Gasteiger partial charge in [0, 0.05) is 64.0 Å². The average Bonchev–Trinajstić information content (AvgIpc) is 4.39. The minimum Gasteiger partial charge on any atom is -0.391 e. The first kappa shape index (κ1) is 59.8. The molecule has 1 unspecified atom stereocenters. The van der Waals surface area contributed by atoms with Gasteiger partial charge in [-0.05, 0) is 78.3 Å². The standard InChI is InChI=1S/C60H75FN10O10S/c1-40-56(82-39-64-40)42-15-13-41(14-16-42)34-63-58(75)50-33-45(72)36-71(50)59(76)57(60(2,3)4)67-53(73)37-80-30-28-78-26-24-77-25-27-79-29-31-81-38-54(74)69-22-20-68(21-23-69)51-12-6-10-47(65-51)46-35-62-48-17-18-52(66-55(46)48)70-19-7-11-49(70)43-8-5-9-44(61)32-43/h5-6,8-10,12-18,32,35,39,45,49-50,55,57,72H,7,11,19-31,33-34,36-38H2,1-4H3,(H,63,75)(H,67,73)/t45-,49-,50+,55?,57-/m1/s1. The number of anilines is 1. The van der Waals surface area contributed by atoms with Crippen molar-refractivity contribution in [2.45, 2.75) is 83.8 Å². The van der Waals surface area contributed by atoms with Gasteiger partial charge >= 0.3 is 0 Å². The van der Waals surface area contributed by atoms with E-state index in [0.717, 1.165) is 75.3 Å². The molecule has 82 heavy (non-hydrogen) atoms. The second-order valence-electron chi connectivity index (χ2n) is 21.9. The molecule has 9 rings (SSSR count). The van der Waals surface area contributed by atoms with Crippen LogP contribution in [0, 0.1) is 18.2 Å². The van der Waals surface area contributed by atoms with E-state index in [1.54, 1.807) is 23.5 Å². The zero-order valence-corrected chi connectivity index (χ0v) is 48.0. The van der Waals surface area contributed by atoms with Gasteiger partial charge in [0.25, 0.3) is 0 Å². The third kappa shape index (κ3) is 15.6. The number of aromatic nitrogens is 2. The third-order valence-electron chi connectivity index (χ3n) is 15.0. The summed E-state index contributed by atoms with van der Waals surface area (Å²) in [6, 6.07) is 18.6. The van der Waals surface area contributed by atoms with Gasteiger partial charge in [-0.15, -0.1) is 11.3 Å². The van der Waals surface area contributed by atoms with E-state index in [1.165, 1.54) is 11.0 Å². The van der Waals surface area contributed by atoms with Gasteiger partial charge in [-0.2, -0.15) is 0 Å². The summed E-state index contributed by atoms with van der Waals surface area (Å²) in [5, 5.41) is 16.3. The number of carbonyl (C=O) groups is 4. The van der Waals surface area contributed by atoms with Crippen LogP contribution in [0.25, 0.3) is 16.0 Å². The van der Waals surface area contributed by atoms with E-state index < -0.39 is 35.4 Å². The molecule has 3 saturated heterocycles. The van der Waals surface area contributed by atoms with Gasteiger partial charge < -0.3 is 59.0 Å². The summed E-state index contributed by atoms with van der Waals surface area (Å²) in [7, 11) is 0. The van der Waals surface area contributed by atoms with Crippen LogP contribution in [0.1, 0.15) is 68.6 Å². The summed E-state index contributed by atoms with van der Waals surface area (Å²) in [4.78, 5) is 81.3. The van der Waals surface area contributed by atoms with E-state index in [-0.39, 0.29) is 82.3 Å². The van der Waals surface area contributed by atoms with Crippen LogP contribution in [0.4, 0.5) is 10.2 Å². The van der Waals surface area contributed by atoms with Crippen molar-refractivity contribution in [3.8, 4) is 10.4 Å². The van der Waals surface area contributed by atoms with Crippen molar-refractivity contribution < 1.29 is 52.4 Å². The number of β-amino-alcohol motifs (C(OH)–C–C–N with tert-alkyl or cyclic N) is 1. The number of hydrogen-bond acceptors (Lipinski definition) is 17. The van der Waals surface area contributed by atoms with Gasteiger partial charge in [0.1, 0.15) is 48.8 Å². The van der Waals surface area contributed by atoms with Gasteiger partial charge in [0.2, 0.25) is 23.6 Å². The fourth-order valence-electron chi connectivity index (χ4n) is 10.6. The van der Waals surface area contributed by atoms with Crippen LogP contribution in [-0.4, -0.2) is 195 Å². The summed E-state index contributed by atoms with van der Waals surface area (Å²) < 4.78 is 42.1. The summed E-state index contributed by atoms with van der Waals surface area (Å²) in [5.41, 5.74) is 7.55. The molecule has 2 aromatic carbocycles. The lowest BCUT2D eigenvalue weighted by Gasteiger charge is -2.35. The molecule has 3 fully saturated rings. The number of likely N-dealkylation sites (tertiary alicyclic amines) is 2. The fraction of sp³-hybridized carbons (Fsp3) is 0.500. The summed E-state index contributed by atoms with van der Waals surface area (Å²) in [5.74, 6) is 0.0606. The number of piperazine rings is 1. The highest BCUT2D eigenvalue weighted by Gasteiger charge is 2.44. The lowest BCUT2D eigenvalue weighted by atomic mass is 9.85. The quantitative estimate of drug-likeness (QED) is 0.0730. The molecule has 5 aliphatic heterocycles. The topological polar surface area (TPSA) is 222 Å². The normalized spacial score (nSPS) is 20.1. The van der Waals surface area contributed by atoms with Gasteiger partial charge in [0.05, 0.1) is 92.5 Å². The first-order valence-corrected chi connectivity index (χ1v) is 29.1. The number of amidine groups is 1. The molecule has 20 nitrogen and oxygen atoms in total. The van der Waals surface area contributed by atoms with Crippen LogP contribution in [0.2, 0.25) is 0 Å². The molecule has 4 amide bonds. The summed E-state index contributed by atoms with van der Waals surface area (Å²) in [6.07, 6.45) is 7.03. The zero-order valence-electron chi connectivity index (χ0n) is 47.2. The predicted octanol–water partition coefficient (Wildman–Crippen LogP) is 5.16. The van der Waals surface area contributed by atoms with E-state index in [2.05, 4.69) is 30.4 Å². The van der Waals surface area contributed by atoms with Crippen molar-refractivity contribution in [3.05, 3.63) is 119 Å². The van der Waals surface area contributed by atoms with E-state index in [1.807, 2.05) is 105 Å². The van der Waals surface area contributed by atoms with Crippen molar-refractivity contribution in [2.75, 3.05) is 110 Å². The number of rotatable bonds is 25. The number of aryl methyl sites for hydroxylation is 1. The van der Waals surface area contributed by atoms with E-state index in [9.17, 15) is 28.7 Å². The molecule has 0 bridgehead atoms.